The topological polar surface area (TPSA) is 55.8 Å². The summed E-state index contributed by atoms with van der Waals surface area (Å²) in [5.41, 5.74) is 0.663. The molecule has 122 valence electrons. The minimum absolute atomic E-state index is 0.216. The van der Waals surface area contributed by atoms with Crippen molar-refractivity contribution in [3.8, 4) is 0 Å². The van der Waals surface area contributed by atoms with Crippen molar-refractivity contribution in [2.45, 2.75) is 38.5 Å². The Morgan fingerprint density at radius 1 is 1.36 bits per heavy atom. The molecule has 1 saturated heterocycles. The molecule has 1 fully saturated rings. The third kappa shape index (κ3) is 4.00. The molecular formula is C16H23NO4S. The molecule has 2 heterocycles. The molecular weight excluding hydrogens is 302 g/mol. The van der Waals surface area contributed by atoms with Crippen LogP contribution in [0.2, 0.25) is 0 Å². The third-order valence-electron chi connectivity index (χ3n) is 3.95. The van der Waals surface area contributed by atoms with Gasteiger partial charge in [0.1, 0.15) is 0 Å². The summed E-state index contributed by atoms with van der Waals surface area (Å²) in [5.74, 6) is 0.0337. The van der Waals surface area contributed by atoms with E-state index in [4.69, 9.17) is 9.47 Å². The van der Waals surface area contributed by atoms with Gasteiger partial charge in [0.25, 0.3) is 0 Å². The van der Waals surface area contributed by atoms with Crippen molar-refractivity contribution in [2.75, 3.05) is 26.8 Å². The van der Waals surface area contributed by atoms with Crippen LogP contribution in [0.1, 0.15) is 53.8 Å². The van der Waals surface area contributed by atoms with E-state index in [2.05, 4.69) is 6.92 Å². The molecule has 5 nitrogen and oxygen atoms in total. The van der Waals surface area contributed by atoms with Gasteiger partial charge >= 0.3 is 12.1 Å². The molecule has 0 unspecified atom stereocenters. The average Bonchev–Trinajstić information content (AvgIpc) is 3.04. The lowest BCUT2D eigenvalue weighted by Crippen LogP contribution is -2.38. The molecule has 0 N–H and O–H groups in total. The van der Waals surface area contributed by atoms with E-state index >= 15 is 0 Å². The average molecular weight is 325 g/mol. The lowest BCUT2D eigenvalue weighted by atomic mass is 9.93. The lowest BCUT2D eigenvalue weighted by molar-refractivity contribution is 0.0597. The molecule has 6 heteroatoms. The van der Waals surface area contributed by atoms with Crippen LogP contribution in [0.25, 0.3) is 0 Å². The maximum absolute atomic E-state index is 11.9. The number of nitrogens with zero attached hydrogens (tertiary/aromatic N) is 1. The highest BCUT2D eigenvalue weighted by Gasteiger charge is 2.28. The van der Waals surface area contributed by atoms with Crippen LogP contribution >= 0.6 is 11.3 Å². The molecule has 0 radical (unpaired) electrons. The van der Waals surface area contributed by atoms with Crippen molar-refractivity contribution < 1.29 is 19.1 Å². The van der Waals surface area contributed by atoms with E-state index < -0.39 is 0 Å². The van der Waals surface area contributed by atoms with E-state index in [0.717, 1.165) is 30.6 Å². The summed E-state index contributed by atoms with van der Waals surface area (Å²) in [6.45, 7) is 3.91. The van der Waals surface area contributed by atoms with Gasteiger partial charge in [-0.1, -0.05) is 13.3 Å². The number of piperidine rings is 1. The molecule has 1 aromatic heterocycles. The number of likely N-dealkylation sites (tertiary alicyclic amines) is 1. The predicted molar refractivity (Wildman–Crippen MR) is 85.5 cm³/mol. The minimum atomic E-state index is -0.280. The Balaban J connectivity index is 1.88. The molecule has 22 heavy (non-hydrogen) atoms. The number of methoxy groups -OCH3 is 1. The molecule has 0 spiro atoms. The maximum atomic E-state index is 11.9. The predicted octanol–water partition coefficient (Wildman–Crippen LogP) is 3.65. The molecule has 1 aliphatic rings. The van der Waals surface area contributed by atoms with Gasteiger partial charge in [0.2, 0.25) is 0 Å². The molecule has 0 atom stereocenters. The van der Waals surface area contributed by atoms with Crippen molar-refractivity contribution in [2.24, 2.45) is 0 Å². The first kappa shape index (κ1) is 16.8. The Morgan fingerprint density at radius 2 is 2.09 bits per heavy atom. The van der Waals surface area contributed by atoms with Crippen molar-refractivity contribution in [1.82, 2.24) is 4.90 Å². The van der Waals surface area contributed by atoms with Gasteiger partial charge in [-0.05, 0) is 36.6 Å². The largest absolute Gasteiger partial charge is 0.465 e. The van der Waals surface area contributed by atoms with Crippen LogP contribution in [0.15, 0.2) is 11.4 Å². The minimum Gasteiger partial charge on any atom is -0.465 e. The van der Waals surface area contributed by atoms with E-state index in [9.17, 15) is 9.59 Å². The van der Waals surface area contributed by atoms with Gasteiger partial charge in [-0.3, -0.25) is 0 Å². The fourth-order valence-electron chi connectivity index (χ4n) is 2.64. The molecule has 1 aromatic rings. The normalized spacial score (nSPS) is 15.6. The Kier molecular flexibility index (Phi) is 6.24. The van der Waals surface area contributed by atoms with Crippen LogP contribution in [-0.2, 0) is 9.47 Å². The van der Waals surface area contributed by atoms with Gasteiger partial charge in [0.15, 0.2) is 0 Å². The highest BCUT2D eigenvalue weighted by molar-refractivity contribution is 7.10. The number of amides is 1. The summed E-state index contributed by atoms with van der Waals surface area (Å²) in [5, 5.41) is 1.92. The molecule has 0 bridgehead atoms. The first-order valence-corrected chi connectivity index (χ1v) is 8.62. The van der Waals surface area contributed by atoms with Crippen molar-refractivity contribution in [1.29, 1.82) is 0 Å². The number of thiophene rings is 1. The molecule has 0 aliphatic carbocycles. The van der Waals surface area contributed by atoms with Crippen LogP contribution in [0.3, 0.4) is 0 Å². The third-order valence-corrected chi connectivity index (χ3v) is 5.03. The standard InChI is InChI=1S/C16H23NO4S/c1-3-4-10-21-16(19)17-8-5-12(6-9-17)14-13(7-11-22-14)15(18)20-2/h7,11-12H,3-6,8-10H2,1-2H3. The number of hydrogen-bond donors (Lipinski definition) is 0. The quantitative estimate of drug-likeness (QED) is 0.612. The van der Waals surface area contributed by atoms with Crippen LogP contribution in [0, 0.1) is 0 Å². The van der Waals surface area contributed by atoms with E-state index in [0.29, 0.717) is 31.2 Å². The number of hydrogen-bond acceptors (Lipinski definition) is 5. The highest BCUT2D eigenvalue weighted by Crippen LogP contribution is 2.34. The summed E-state index contributed by atoms with van der Waals surface area (Å²) < 4.78 is 10.1. The van der Waals surface area contributed by atoms with Gasteiger partial charge < -0.3 is 14.4 Å². The Morgan fingerprint density at radius 3 is 2.73 bits per heavy atom. The fraction of sp³-hybridized carbons (Fsp3) is 0.625. The Hall–Kier alpha value is -1.56. The number of carbonyl (C=O) groups excluding carboxylic acids is 2. The molecule has 1 aliphatic heterocycles. The summed E-state index contributed by atoms with van der Waals surface area (Å²) in [6, 6.07) is 1.82. The number of rotatable bonds is 5. The fourth-order valence-corrected chi connectivity index (χ4v) is 3.69. The summed E-state index contributed by atoms with van der Waals surface area (Å²) in [4.78, 5) is 26.5. The second kappa shape index (κ2) is 8.17. The summed E-state index contributed by atoms with van der Waals surface area (Å²) >= 11 is 1.59. The number of carbonyl (C=O) groups is 2. The summed E-state index contributed by atoms with van der Waals surface area (Å²) in [6.07, 6.45) is 3.41. The van der Waals surface area contributed by atoms with E-state index in [1.54, 1.807) is 16.2 Å². The first-order chi connectivity index (χ1) is 10.7. The molecule has 2 rings (SSSR count). The van der Waals surface area contributed by atoms with Gasteiger partial charge in [0.05, 0.1) is 19.3 Å². The molecule has 1 amide bonds. The zero-order valence-corrected chi connectivity index (χ0v) is 14.0. The highest BCUT2D eigenvalue weighted by atomic mass is 32.1. The zero-order valence-electron chi connectivity index (χ0n) is 13.2. The zero-order chi connectivity index (χ0) is 15.9. The van der Waals surface area contributed by atoms with Crippen LogP contribution < -0.4 is 0 Å². The monoisotopic (exact) mass is 325 g/mol. The van der Waals surface area contributed by atoms with E-state index in [1.807, 2.05) is 11.4 Å². The molecule has 0 saturated carbocycles. The Labute approximate surface area is 135 Å². The lowest BCUT2D eigenvalue weighted by Gasteiger charge is -2.31. The smallest absolute Gasteiger partial charge is 0.409 e. The Bertz CT molecular complexity index is 506. The van der Waals surface area contributed by atoms with Crippen molar-refractivity contribution in [3.05, 3.63) is 21.9 Å². The van der Waals surface area contributed by atoms with Gasteiger partial charge in [-0.25, -0.2) is 9.59 Å². The number of unbranched alkanes of at least 4 members (excludes halogenated alkanes) is 1. The van der Waals surface area contributed by atoms with Crippen molar-refractivity contribution >= 4 is 23.4 Å². The first-order valence-electron chi connectivity index (χ1n) is 7.74. The SMILES string of the molecule is CCCCOC(=O)N1CCC(c2sccc2C(=O)OC)CC1. The molecule has 0 aromatic carbocycles. The number of esters is 1. The van der Waals surface area contributed by atoms with Gasteiger partial charge in [-0.15, -0.1) is 11.3 Å². The van der Waals surface area contributed by atoms with E-state index in [1.165, 1.54) is 7.11 Å². The second-order valence-electron chi connectivity index (χ2n) is 5.42. The van der Waals surface area contributed by atoms with E-state index in [-0.39, 0.29) is 12.1 Å². The van der Waals surface area contributed by atoms with Crippen LogP contribution in [0.4, 0.5) is 4.79 Å². The second-order valence-corrected chi connectivity index (χ2v) is 6.37. The summed E-state index contributed by atoms with van der Waals surface area (Å²) in [7, 11) is 1.40. The van der Waals surface area contributed by atoms with Crippen molar-refractivity contribution in [3.63, 3.8) is 0 Å². The van der Waals surface area contributed by atoms with Crippen LogP contribution in [0.5, 0.6) is 0 Å². The maximum Gasteiger partial charge on any atom is 0.409 e. The van der Waals surface area contributed by atoms with Gasteiger partial charge in [-0.2, -0.15) is 0 Å². The number of ether oxygens (including phenoxy) is 2. The van der Waals surface area contributed by atoms with Crippen LogP contribution in [-0.4, -0.2) is 43.8 Å². The van der Waals surface area contributed by atoms with Gasteiger partial charge in [0, 0.05) is 18.0 Å².